The Morgan fingerprint density at radius 1 is 0.793 bits per heavy atom. The van der Waals surface area contributed by atoms with Gasteiger partial charge in [-0.25, -0.2) is 0 Å². The Kier molecular flexibility index (Phi) is 3.99. The SMILES string of the molecule is CC(C)(C)c1cc(-c2cc(-c3coc4cccnc34)ccn2)cc2ccccc12. The van der Waals surface area contributed by atoms with E-state index < -0.39 is 0 Å². The Bertz CT molecular complexity index is 1340. The summed E-state index contributed by atoms with van der Waals surface area (Å²) in [6.45, 7) is 6.77. The predicted molar refractivity (Wildman–Crippen MR) is 119 cm³/mol. The van der Waals surface area contributed by atoms with Crippen LogP contribution >= 0.6 is 0 Å². The fraction of sp³-hybridized carbons (Fsp3) is 0.154. The van der Waals surface area contributed by atoms with Gasteiger partial charge in [0.05, 0.1) is 5.69 Å². The molecule has 5 aromatic rings. The second-order valence-electron chi connectivity index (χ2n) is 8.42. The first-order chi connectivity index (χ1) is 14.0. The monoisotopic (exact) mass is 378 g/mol. The van der Waals surface area contributed by atoms with Crippen molar-refractivity contribution in [2.75, 3.05) is 0 Å². The Hall–Kier alpha value is -3.46. The minimum atomic E-state index is 0.0396. The van der Waals surface area contributed by atoms with Gasteiger partial charge in [0.15, 0.2) is 5.58 Å². The molecule has 0 unspecified atom stereocenters. The summed E-state index contributed by atoms with van der Waals surface area (Å²) in [6.07, 6.45) is 5.43. The molecule has 29 heavy (non-hydrogen) atoms. The largest absolute Gasteiger partial charge is 0.462 e. The van der Waals surface area contributed by atoms with Gasteiger partial charge in [0, 0.05) is 23.5 Å². The van der Waals surface area contributed by atoms with Crippen LogP contribution in [0, 0.1) is 0 Å². The molecule has 3 nitrogen and oxygen atoms in total. The van der Waals surface area contributed by atoms with Crippen molar-refractivity contribution in [2.24, 2.45) is 0 Å². The first kappa shape index (κ1) is 17.6. The number of rotatable bonds is 2. The molecule has 0 saturated carbocycles. The van der Waals surface area contributed by atoms with Crippen molar-refractivity contribution in [1.82, 2.24) is 9.97 Å². The smallest absolute Gasteiger partial charge is 0.152 e. The van der Waals surface area contributed by atoms with Gasteiger partial charge in [-0.05, 0) is 63.7 Å². The second-order valence-corrected chi connectivity index (χ2v) is 8.42. The van der Waals surface area contributed by atoms with Gasteiger partial charge in [-0.3, -0.25) is 9.97 Å². The van der Waals surface area contributed by atoms with Crippen LogP contribution in [0.4, 0.5) is 0 Å². The minimum absolute atomic E-state index is 0.0396. The lowest BCUT2D eigenvalue weighted by Gasteiger charge is -2.22. The highest BCUT2D eigenvalue weighted by Gasteiger charge is 2.19. The van der Waals surface area contributed by atoms with Crippen molar-refractivity contribution in [3.63, 3.8) is 0 Å². The number of pyridine rings is 2. The first-order valence-corrected chi connectivity index (χ1v) is 9.83. The molecular formula is C26H22N2O. The van der Waals surface area contributed by atoms with Crippen molar-refractivity contribution < 1.29 is 4.42 Å². The van der Waals surface area contributed by atoms with Gasteiger partial charge in [0.1, 0.15) is 11.8 Å². The highest BCUT2D eigenvalue weighted by molar-refractivity contribution is 5.93. The third-order valence-electron chi connectivity index (χ3n) is 5.37. The Balaban J connectivity index is 1.69. The zero-order valence-electron chi connectivity index (χ0n) is 16.8. The lowest BCUT2D eigenvalue weighted by molar-refractivity contribution is 0.596. The molecule has 0 saturated heterocycles. The minimum Gasteiger partial charge on any atom is -0.462 e. The predicted octanol–water partition coefficient (Wildman–Crippen LogP) is 7.01. The molecule has 0 fully saturated rings. The molecule has 0 atom stereocenters. The summed E-state index contributed by atoms with van der Waals surface area (Å²) in [5.41, 5.74) is 7.14. The standard InChI is InChI=1S/C26H22N2O/c1-26(2,3)22-14-19(13-17-7-4-5-8-20(17)22)23-15-18(10-12-27-23)21-16-29-24-9-6-11-28-25(21)24/h4-16H,1-3H3. The van der Waals surface area contributed by atoms with E-state index in [0.29, 0.717) is 0 Å². The molecule has 5 rings (SSSR count). The summed E-state index contributed by atoms with van der Waals surface area (Å²) in [5.74, 6) is 0. The van der Waals surface area contributed by atoms with Crippen LogP contribution in [-0.2, 0) is 5.41 Å². The second kappa shape index (κ2) is 6.56. The van der Waals surface area contributed by atoms with Crippen molar-refractivity contribution >= 4 is 21.9 Å². The van der Waals surface area contributed by atoms with E-state index in [1.54, 1.807) is 12.5 Å². The van der Waals surface area contributed by atoms with Crippen LogP contribution in [0.5, 0.6) is 0 Å². The third-order valence-corrected chi connectivity index (χ3v) is 5.37. The quantitative estimate of drug-likeness (QED) is 0.332. The summed E-state index contributed by atoms with van der Waals surface area (Å²) < 4.78 is 5.69. The zero-order chi connectivity index (χ0) is 20.0. The van der Waals surface area contributed by atoms with Crippen molar-refractivity contribution in [2.45, 2.75) is 26.2 Å². The molecule has 0 aliphatic rings. The molecule has 0 amide bonds. The maximum absolute atomic E-state index is 5.69. The maximum atomic E-state index is 5.69. The van der Waals surface area contributed by atoms with Crippen molar-refractivity contribution in [3.05, 3.63) is 84.9 Å². The molecule has 0 radical (unpaired) electrons. The number of benzene rings is 2. The number of furan rings is 1. The number of fused-ring (bicyclic) bond motifs is 2. The molecule has 3 aromatic heterocycles. The van der Waals surface area contributed by atoms with Crippen LogP contribution < -0.4 is 0 Å². The average molecular weight is 378 g/mol. The van der Waals surface area contributed by atoms with Gasteiger partial charge in [0.25, 0.3) is 0 Å². The molecule has 142 valence electrons. The van der Waals surface area contributed by atoms with Crippen molar-refractivity contribution in [1.29, 1.82) is 0 Å². The Morgan fingerprint density at radius 2 is 1.66 bits per heavy atom. The number of aromatic nitrogens is 2. The molecule has 3 heteroatoms. The molecule has 0 N–H and O–H groups in total. The number of hydrogen-bond acceptors (Lipinski definition) is 3. The molecule has 0 aliphatic carbocycles. The summed E-state index contributed by atoms with van der Waals surface area (Å²) >= 11 is 0. The van der Waals surface area contributed by atoms with E-state index in [9.17, 15) is 0 Å². The van der Waals surface area contributed by atoms with Gasteiger partial charge >= 0.3 is 0 Å². The molecule has 0 aliphatic heterocycles. The first-order valence-electron chi connectivity index (χ1n) is 9.83. The van der Waals surface area contributed by atoms with E-state index in [1.165, 1.54) is 16.3 Å². The normalized spacial score (nSPS) is 12.0. The van der Waals surface area contributed by atoms with E-state index in [2.05, 4.69) is 73.2 Å². The average Bonchev–Trinajstić information content (AvgIpc) is 3.16. The summed E-state index contributed by atoms with van der Waals surface area (Å²) in [6, 6.07) is 21.0. The molecule has 0 spiro atoms. The van der Waals surface area contributed by atoms with Crippen LogP contribution in [0.25, 0.3) is 44.3 Å². The van der Waals surface area contributed by atoms with E-state index in [4.69, 9.17) is 4.42 Å². The van der Waals surface area contributed by atoms with Crippen LogP contribution in [0.2, 0.25) is 0 Å². The highest BCUT2D eigenvalue weighted by atomic mass is 16.3. The van der Waals surface area contributed by atoms with Crippen LogP contribution in [0.15, 0.2) is 83.7 Å². The highest BCUT2D eigenvalue weighted by Crippen LogP contribution is 2.36. The molecule has 0 bridgehead atoms. The fourth-order valence-electron chi connectivity index (χ4n) is 3.91. The van der Waals surface area contributed by atoms with E-state index in [-0.39, 0.29) is 5.41 Å². The fourth-order valence-corrected chi connectivity index (χ4v) is 3.91. The van der Waals surface area contributed by atoms with Gasteiger partial charge in [-0.2, -0.15) is 0 Å². The summed E-state index contributed by atoms with van der Waals surface area (Å²) in [4.78, 5) is 9.17. The zero-order valence-corrected chi connectivity index (χ0v) is 16.8. The number of hydrogen-bond donors (Lipinski definition) is 0. The topological polar surface area (TPSA) is 38.9 Å². The van der Waals surface area contributed by atoms with Crippen LogP contribution in [-0.4, -0.2) is 9.97 Å². The summed E-state index contributed by atoms with van der Waals surface area (Å²) in [7, 11) is 0. The van der Waals surface area contributed by atoms with Gasteiger partial charge < -0.3 is 4.42 Å². The van der Waals surface area contributed by atoms with E-state index >= 15 is 0 Å². The lowest BCUT2D eigenvalue weighted by atomic mass is 9.82. The Morgan fingerprint density at radius 3 is 2.52 bits per heavy atom. The van der Waals surface area contributed by atoms with Gasteiger partial charge in [0.2, 0.25) is 0 Å². The molecule has 3 heterocycles. The molecule has 2 aromatic carbocycles. The number of nitrogens with zero attached hydrogens (tertiary/aromatic N) is 2. The Labute approximate surface area is 170 Å². The van der Waals surface area contributed by atoms with Gasteiger partial charge in [-0.1, -0.05) is 45.0 Å². The van der Waals surface area contributed by atoms with E-state index in [1.807, 2.05) is 24.4 Å². The molecular weight excluding hydrogens is 356 g/mol. The van der Waals surface area contributed by atoms with Crippen LogP contribution in [0.1, 0.15) is 26.3 Å². The van der Waals surface area contributed by atoms with Crippen LogP contribution in [0.3, 0.4) is 0 Å². The van der Waals surface area contributed by atoms with Gasteiger partial charge in [-0.15, -0.1) is 0 Å². The lowest BCUT2D eigenvalue weighted by Crippen LogP contribution is -2.12. The van der Waals surface area contributed by atoms with E-state index in [0.717, 1.165) is 33.5 Å². The third kappa shape index (κ3) is 3.09. The van der Waals surface area contributed by atoms with Crippen molar-refractivity contribution in [3.8, 4) is 22.4 Å². The maximum Gasteiger partial charge on any atom is 0.152 e. The summed E-state index contributed by atoms with van der Waals surface area (Å²) in [5, 5.41) is 2.53.